The molecule has 2 amide bonds. The van der Waals surface area contributed by atoms with E-state index < -0.39 is 33.4 Å². The zero-order chi connectivity index (χ0) is 26.9. The first-order valence-electron chi connectivity index (χ1n) is 11.8. The van der Waals surface area contributed by atoms with Crippen molar-refractivity contribution < 1.29 is 22.9 Å². The number of carbonyl (C=O) groups is 2. The van der Waals surface area contributed by atoms with E-state index in [1.807, 2.05) is 38.1 Å². The minimum Gasteiger partial charge on any atom is -0.354 e. The highest BCUT2D eigenvalue weighted by molar-refractivity contribution is 7.92. The molecule has 10 nitrogen and oxygen atoms in total. The molecule has 0 heterocycles. The molecule has 196 valence electrons. The van der Waals surface area contributed by atoms with Crippen LogP contribution in [0, 0.1) is 17.0 Å². The van der Waals surface area contributed by atoms with Crippen LogP contribution in [-0.2, 0) is 26.2 Å². The number of anilines is 1. The Morgan fingerprint density at radius 1 is 1.11 bits per heavy atom. The number of nitrogens with zero attached hydrogens (tertiary/aromatic N) is 3. The Hall–Kier alpha value is -3.47. The summed E-state index contributed by atoms with van der Waals surface area (Å²) >= 11 is 0. The summed E-state index contributed by atoms with van der Waals surface area (Å²) in [6, 6.07) is 11.7. The average molecular weight is 519 g/mol. The largest absolute Gasteiger partial charge is 0.354 e. The standard InChI is InChI=1S/C25H34N4O6S/c1-5-7-15-26-25(31)23(6-2)27(17-20-12-9-8-11-19(20)3)24(30)18-28(36(4,34)35)21-13-10-14-22(16-21)29(32)33/h8-14,16,23H,5-7,15,17-18H2,1-4H3,(H,26,31). The Morgan fingerprint density at radius 2 is 1.81 bits per heavy atom. The summed E-state index contributed by atoms with van der Waals surface area (Å²) in [4.78, 5) is 38.7. The van der Waals surface area contributed by atoms with Gasteiger partial charge in [-0.2, -0.15) is 0 Å². The zero-order valence-electron chi connectivity index (χ0n) is 21.1. The quantitative estimate of drug-likeness (QED) is 0.246. The van der Waals surface area contributed by atoms with Crippen molar-refractivity contribution in [3.05, 3.63) is 69.8 Å². The molecule has 0 spiro atoms. The van der Waals surface area contributed by atoms with E-state index in [2.05, 4.69) is 5.32 Å². The SMILES string of the molecule is CCCCNC(=O)C(CC)N(Cc1ccccc1C)C(=O)CN(c1cccc([N+](=O)[O-])c1)S(C)(=O)=O. The number of carbonyl (C=O) groups excluding carboxylic acids is 2. The number of hydrogen-bond donors (Lipinski definition) is 1. The van der Waals surface area contributed by atoms with E-state index in [0.717, 1.165) is 40.6 Å². The van der Waals surface area contributed by atoms with Crippen molar-refractivity contribution in [2.24, 2.45) is 0 Å². The molecule has 2 aromatic carbocycles. The number of non-ortho nitro benzene ring substituents is 1. The second-order valence-corrected chi connectivity index (χ2v) is 10.5. The highest BCUT2D eigenvalue weighted by Crippen LogP contribution is 2.24. The Balaban J connectivity index is 2.45. The maximum atomic E-state index is 13.6. The Labute approximate surface area is 212 Å². The van der Waals surface area contributed by atoms with E-state index in [1.165, 1.54) is 23.1 Å². The van der Waals surface area contributed by atoms with Crippen LogP contribution in [0.25, 0.3) is 0 Å². The molecule has 0 radical (unpaired) electrons. The zero-order valence-corrected chi connectivity index (χ0v) is 22.0. The third kappa shape index (κ3) is 7.77. The van der Waals surface area contributed by atoms with E-state index in [-0.39, 0.29) is 23.8 Å². The van der Waals surface area contributed by atoms with Crippen molar-refractivity contribution in [3.63, 3.8) is 0 Å². The van der Waals surface area contributed by atoms with Gasteiger partial charge in [0.05, 0.1) is 16.9 Å². The third-order valence-electron chi connectivity index (χ3n) is 5.83. The van der Waals surface area contributed by atoms with Crippen molar-refractivity contribution in [3.8, 4) is 0 Å². The van der Waals surface area contributed by atoms with Gasteiger partial charge in [-0.05, 0) is 37.0 Å². The lowest BCUT2D eigenvalue weighted by molar-refractivity contribution is -0.384. The number of rotatable bonds is 13. The van der Waals surface area contributed by atoms with Crippen molar-refractivity contribution in [1.29, 1.82) is 0 Å². The number of nitro groups is 1. The molecule has 0 bridgehead atoms. The van der Waals surface area contributed by atoms with Gasteiger partial charge in [-0.3, -0.25) is 24.0 Å². The average Bonchev–Trinajstić information content (AvgIpc) is 2.83. The maximum absolute atomic E-state index is 13.6. The molecule has 0 aliphatic carbocycles. The number of benzene rings is 2. The summed E-state index contributed by atoms with van der Waals surface area (Å²) < 4.78 is 26.1. The minimum absolute atomic E-state index is 0.00339. The van der Waals surface area contributed by atoms with Crippen LogP contribution < -0.4 is 9.62 Å². The predicted octanol–water partition coefficient (Wildman–Crippen LogP) is 3.39. The monoisotopic (exact) mass is 518 g/mol. The van der Waals surface area contributed by atoms with Crippen LogP contribution in [0.3, 0.4) is 0 Å². The number of nitrogens with one attached hydrogen (secondary N) is 1. The Kier molecular flexibility index (Phi) is 10.4. The minimum atomic E-state index is -3.98. The summed E-state index contributed by atoms with van der Waals surface area (Å²) in [7, 11) is -3.98. The van der Waals surface area contributed by atoms with Crippen LogP contribution in [-0.4, -0.2) is 55.4 Å². The smallest absolute Gasteiger partial charge is 0.271 e. The lowest BCUT2D eigenvalue weighted by atomic mass is 10.1. The van der Waals surface area contributed by atoms with E-state index in [4.69, 9.17) is 0 Å². The molecule has 1 unspecified atom stereocenters. The number of amides is 2. The summed E-state index contributed by atoms with van der Waals surface area (Å²) in [6.07, 6.45) is 2.95. The summed E-state index contributed by atoms with van der Waals surface area (Å²) in [5.41, 5.74) is 1.45. The van der Waals surface area contributed by atoms with Gasteiger partial charge in [-0.15, -0.1) is 0 Å². The van der Waals surface area contributed by atoms with Crippen LogP contribution in [0.2, 0.25) is 0 Å². The van der Waals surface area contributed by atoms with Gasteiger partial charge in [0.2, 0.25) is 21.8 Å². The van der Waals surface area contributed by atoms with Gasteiger partial charge in [0.25, 0.3) is 5.69 Å². The fourth-order valence-corrected chi connectivity index (χ4v) is 4.61. The number of hydrogen-bond acceptors (Lipinski definition) is 6. The van der Waals surface area contributed by atoms with Gasteiger partial charge in [0.1, 0.15) is 12.6 Å². The van der Waals surface area contributed by atoms with Gasteiger partial charge < -0.3 is 10.2 Å². The van der Waals surface area contributed by atoms with Crippen LogP contribution in [0.15, 0.2) is 48.5 Å². The molecule has 2 aromatic rings. The predicted molar refractivity (Wildman–Crippen MR) is 139 cm³/mol. The van der Waals surface area contributed by atoms with Crippen molar-refractivity contribution >= 4 is 33.2 Å². The van der Waals surface area contributed by atoms with Crippen molar-refractivity contribution in [2.75, 3.05) is 23.7 Å². The van der Waals surface area contributed by atoms with Gasteiger partial charge >= 0.3 is 0 Å². The first-order valence-corrected chi connectivity index (χ1v) is 13.7. The third-order valence-corrected chi connectivity index (χ3v) is 6.97. The summed E-state index contributed by atoms with van der Waals surface area (Å²) in [5.74, 6) is -0.901. The Morgan fingerprint density at radius 3 is 2.39 bits per heavy atom. The summed E-state index contributed by atoms with van der Waals surface area (Å²) in [5, 5.41) is 14.1. The van der Waals surface area contributed by atoms with E-state index >= 15 is 0 Å². The van der Waals surface area contributed by atoms with E-state index in [9.17, 15) is 28.1 Å². The molecule has 0 saturated carbocycles. The fourth-order valence-electron chi connectivity index (χ4n) is 3.77. The molecule has 0 aromatic heterocycles. The van der Waals surface area contributed by atoms with Gasteiger partial charge in [-0.25, -0.2) is 8.42 Å². The molecule has 2 rings (SSSR count). The molecular weight excluding hydrogens is 484 g/mol. The van der Waals surface area contributed by atoms with Gasteiger partial charge in [0, 0.05) is 25.2 Å². The van der Waals surface area contributed by atoms with E-state index in [1.54, 1.807) is 6.92 Å². The molecule has 1 N–H and O–H groups in total. The van der Waals surface area contributed by atoms with E-state index in [0.29, 0.717) is 13.0 Å². The molecule has 0 aliphatic heterocycles. The molecule has 0 saturated heterocycles. The van der Waals surface area contributed by atoms with Crippen LogP contribution >= 0.6 is 0 Å². The first kappa shape index (κ1) is 28.8. The fraction of sp³-hybridized carbons (Fsp3) is 0.440. The highest BCUT2D eigenvalue weighted by Gasteiger charge is 2.32. The Bertz CT molecular complexity index is 1180. The topological polar surface area (TPSA) is 130 Å². The second kappa shape index (κ2) is 13.0. The summed E-state index contributed by atoms with van der Waals surface area (Å²) in [6.45, 7) is 5.66. The number of aryl methyl sites for hydroxylation is 1. The highest BCUT2D eigenvalue weighted by atomic mass is 32.2. The molecule has 11 heteroatoms. The van der Waals surface area contributed by atoms with Crippen LogP contribution in [0.1, 0.15) is 44.2 Å². The number of unbranched alkanes of at least 4 members (excludes halogenated alkanes) is 1. The van der Waals surface area contributed by atoms with Gasteiger partial charge in [-0.1, -0.05) is 50.6 Å². The maximum Gasteiger partial charge on any atom is 0.271 e. The molecular formula is C25H34N4O6S. The van der Waals surface area contributed by atoms with Crippen LogP contribution in [0.5, 0.6) is 0 Å². The van der Waals surface area contributed by atoms with Crippen molar-refractivity contribution in [1.82, 2.24) is 10.2 Å². The van der Waals surface area contributed by atoms with Crippen molar-refractivity contribution in [2.45, 2.75) is 52.6 Å². The van der Waals surface area contributed by atoms with Gasteiger partial charge in [0.15, 0.2) is 0 Å². The molecule has 0 fully saturated rings. The first-order chi connectivity index (χ1) is 17.0. The lowest BCUT2D eigenvalue weighted by Crippen LogP contribution is -2.52. The van der Waals surface area contributed by atoms with Crippen LogP contribution in [0.4, 0.5) is 11.4 Å². The molecule has 36 heavy (non-hydrogen) atoms. The number of sulfonamides is 1. The normalized spacial score (nSPS) is 12.0. The molecule has 1 atom stereocenters. The second-order valence-electron chi connectivity index (χ2n) is 8.56. The molecule has 0 aliphatic rings. The lowest BCUT2D eigenvalue weighted by Gasteiger charge is -2.33. The number of nitro benzene ring substituents is 1.